The average Bonchev–Trinajstić information content (AvgIpc) is 2.82. The molecule has 0 fully saturated rings. The minimum Gasteiger partial charge on any atom is -0.490 e. The SMILES string of the molecule is CCOc1cc(/C=N/NC(=O)c2ccc(Cl)cc2)cc(Br)c1OCC(=O)Nc1cccc(C)c1C. The van der Waals surface area contributed by atoms with Crippen LogP contribution < -0.4 is 20.2 Å². The standard InChI is InChI=1S/C26H25BrClN3O4/c1-4-34-23-13-18(14-29-31-26(33)19-8-10-20(28)11-9-19)12-21(27)25(23)35-15-24(32)30-22-7-5-6-16(2)17(22)3/h5-14H,4,15H2,1-3H3,(H,30,32)(H,31,33)/b29-14+. The van der Waals surface area contributed by atoms with Gasteiger partial charge in [0.1, 0.15) is 0 Å². The molecule has 0 spiro atoms. The van der Waals surface area contributed by atoms with E-state index in [1.165, 1.54) is 6.21 Å². The molecule has 0 bridgehead atoms. The summed E-state index contributed by atoms with van der Waals surface area (Å²) < 4.78 is 12.1. The molecular formula is C26H25BrClN3O4. The molecule has 0 unspecified atom stereocenters. The summed E-state index contributed by atoms with van der Waals surface area (Å²) in [7, 11) is 0. The van der Waals surface area contributed by atoms with Gasteiger partial charge in [-0.25, -0.2) is 5.43 Å². The van der Waals surface area contributed by atoms with Crippen LogP contribution >= 0.6 is 27.5 Å². The number of amides is 2. The number of nitrogens with zero attached hydrogens (tertiary/aromatic N) is 1. The predicted molar refractivity (Wildman–Crippen MR) is 142 cm³/mol. The van der Waals surface area contributed by atoms with E-state index in [9.17, 15) is 9.59 Å². The minimum atomic E-state index is -0.364. The number of hydrogen-bond acceptors (Lipinski definition) is 5. The number of carbonyl (C=O) groups excluding carboxylic acids is 2. The van der Waals surface area contributed by atoms with Crippen LogP contribution in [0.2, 0.25) is 5.02 Å². The van der Waals surface area contributed by atoms with E-state index in [4.69, 9.17) is 21.1 Å². The molecule has 2 amide bonds. The first-order valence-electron chi connectivity index (χ1n) is 10.8. The van der Waals surface area contributed by atoms with Crippen LogP contribution in [0.15, 0.2) is 64.2 Å². The van der Waals surface area contributed by atoms with Gasteiger partial charge in [-0.1, -0.05) is 23.7 Å². The quantitative estimate of drug-likeness (QED) is 0.253. The van der Waals surface area contributed by atoms with Crippen molar-refractivity contribution < 1.29 is 19.1 Å². The lowest BCUT2D eigenvalue weighted by Gasteiger charge is -2.15. The van der Waals surface area contributed by atoms with E-state index >= 15 is 0 Å². The molecule has 0 saturated carbocycles. The molecule has 0 aliphatic carbocycles. The smallest absolute Gasteiger partial charge is 0.271 e. The zero-order valence-corrected chi connectivity index (χ0v) is 21.9. The second-order valence-corrected chi connectivity index (χ2v) is 8.84. The molecule has 3 rings (SSSR count). The lowest BCUT2D eigenvalue weighted by molar-refractivity contribution is -0.118. The van der Waals surface area contributed by atoms with Crippen molar-refractivity contribution in [3.8, 4) is 11.5 Å². The maximum absolute atomic E-state index is 12.5. The Balaban J connectivity index is 1.67. The number of rotatable bonds is 9. The van der Waals surface area contributed by atoms with Crippen molar-refractivity contribution in [2.75, 3.05) is 18.5 Å². The molecule has 7 nitrogen and oxygen atoms in total. The Kier molecular flexibility index (Phi) is 9.28. The number of carbonyl (C=O) groups is 2. The van der Waals surface area contributed by atoms with Crippen LogP contribution in [0.25, 0.3) is 0 Å². The van der Waals surface area contributed by atoms with Crippen LogP contribution in [0.4, 0.5) is 5.69 Å². The first-order valence-corrected chi connectivity index (χ1v) is 12.0. The highest BCUT2D eigenvalue weighted by Crippen LogP contribution is 2.36. The van der Waals surface area contributed by atoms with Gasteiger partial charge in [-0.3, -0.25) is 9.59 Å². The molecule has 0 atom stereocenters. The number of ether oxygens (including phenoxy) is 2. The number of aryl methyl sites for hydroxylation is 1. The second kappa shape index (κ2) is 12.4. The average molecular weight is 559 g/mol. The van der Waals surface area contributed by atoms with Crippen LogP contribution in [0.1, 0.15) is 34.0 Å². The van der Waals surface area contributed by atoms with Crippen molar-refractivity contribution in [1.82, 2.24) is 5.43 Å². The van der Waals surface area contributed by atoms with E-state index in [0.717, 1.165) is 16.8 Å². The largest absolute Gasteiger partial charge is 0.490 e. The third kappa shape index (κ3) is 7.31. The number of benzene rings is 3. The molecule has 0 aliphatic heterocycles. The molecule has 0 radical (unpaired) electrons. The summed E-state index contributed by atoms with van der Waals surface area (Å²) in [6.07, 6.45) is 1.48. The van der Waals surface area contributed by atoms with E-state index in [-0.39, 0.29) is 18.4 Å². The summed E-state index contributed by atoms with van der Waals surface area (Å²) in [5.41, 5.74) is 6.40. The number of anilines is 1. The highest BCUT2D eigenvalue weighted by atomic mass is 79.9. The van der Waals surface area contributed by atoms with Gasteiger partial charge in [0, 0.05) is 16.3 Å². The minimum absolute atomic E-state index is 0.198. The normalized spacial score (nSPS) is 10.8. The molecule has 3 aromatic carbocycles. The van der Waals surface area contributed by atoms with E-state index in [1.54, 1.807) is 36.4 Å². The highest BCUT2D eigenvalue weighted by Gasteiger charge is 2.15. The highest BCUT2D eigenvalue weighted by molar-refractivity contribution is 9.10. The Labute approximate surface area is 217 Å². The number of nitrogens with one attached hydrogen (secondary N) is 2. The third-order valence-corrected chi connectivity index (χ3v) is 5.89. The summed E-state index contributed by atoms with van der Waals surface area (Å²) in [6, 6.07) is 15.7. The van der Waals surface area contributed by atoms with E-state index in [1.807, 2.05) is 39.0 Å². The second-order valence-electron chi connectivity index (χ2n) is 7.55. The molecule has 0 heterocycles. The Bertz CT molecular complexity index is 1250. The fourth-order valence-electron chi connectivity index (χ4n) is 3.11. The van der Waals surface area contributed by atoms with Gasteiger partial charge in [-0.05, 0) is 95.9 Å². The Morgan fingerprint density at radius 2 is 1.83 bits per heavy atom. The van der Waals surface area contributed by atoms with Crippen LogP contribution in [0, 0.1) is 13.8 Å². The van der Waals surface area contributed by atoms with Gasteiger partial charge in [-0.2, -0.15) is 5.10 Å². The molecule has 182 valence electrons. The van der Waals surface area contributed by atoms with Crippen molar-refractivity contribution in [3.63, 3.8) is 0 Å². The van der Waals surface area contributed by atoms with E-state index in [0.29, 0.717) is 38.7 Å². The molecule has 3 aromatic rings. The third-order valence-electron chi connectivity index (χ3n) is 5.04. The summed E-state index contributed by atoms with van der Waals surface area (Å²) in [5, 5.41) is 7.42. The van der Waals surface area contributed by atoms with Gasteiger partial charge in [0.25, 0.3) is 11.8 Å². The van der Waals surface area contributed by atoms with Gasteiger partial charge in [0.05, 0.1) is 17.3 Å². The van der Waals surface area contributed by atoms with E-state index in [2.05, 4.69) is 31.8 Å². The number of hydrogen-bond donors (Lipinski definition) is 2. The molecule has 0 aromatic heterocycles. The maximum atomic E-state index is 12.5. The van der Waals surface area contributed by atoms with Crippen LogP contribution in [-0.2, 0) is 4.79 Å². The van der Waals surface area contributed by atoms with Gasteiger partial charge < -0.3 is 14.8 Å². The Morgan fingerprint density at radius 1 is 1.09 bits per heavy atom. The Morgan fingerprint density at radius 3 is 2.54 bits per heavy atom. The molecule has 9 heteroatoms. The van der Waals surface area contributed by atoms with Crippen molar-refractivity contribution >= 4 is 51.2 Å². The number of hydrazone groups is 1. The summed E-state index contributed by atoms with van der Waals surface area (Å²) in [6.45, 7) is 5.98. The maximum Gasteiger partial charge on any atom is 0.271 e. The van der Waals surface area contributed by atoms with Gasteiger partial charge >= 0.3 is 0 Å². The van der Waals surface area contributed by atoms with Crippen LogP contribution in [-0.4, -0.2) is 31.2 Å². The number of halogens is 2. The predicted octanol–water partition coefficient (Wildman–Crippen LogP) is 5.90. The van der Waals surface area contributed by atoms with Crippen molar-refractivity contribution in [2.45, 2.75) is 20.8 Å². The molecule has 2 N–H and O–H groups in total. The van der Waals surface area contributed by atoms with Crippen molar-refractivity contribution in [3.05, 3.63) is 86.3 Å². The zero-order valence-electron chi connectivity index (χ0n) is 19.5. The van der Waals surface area contributed by atoms with Crippen molar-refractivity contribution in [1.29, 1.82) is 0 Å². The van der Waals surface area contributed by atoms with Gasteiger partial charge in [0.2, 0.25) is 0 Å². The van der Waals surface area contributed by atoms with Crippen LogP contribution in [0.5, 0.6) is 11.5 Å². The van der Waals surface area contributed by atoms with Gasteiger partial charge in [0.15, 0.2) is 18.1 Å². The molecular weight excluding hydrogens is 534 g/mol. The molecule has 35 heavy (non-hydrogen) atoms. The summed E-state index contributed by atoms with van der Waals surface area (Å²) >= 11 is 9.32. The first-order chi connectivity index (χ1) is 16.8. The van der Waals surface area contributed by atoms with Crippen LogP contribution in [0.3, 0.4) is 0 Å². The fourth-order valence-corrected chi connectivity index (χ4v) is 3.81. The topological polar surface area (TPSA) is 89.0 Å². The van der Waals surface area contributed by atoms with E-state index < -0.39 is 0 Å². The zero-order chi connectivity index (χ0) is 25.4. The fraction of sp³-hybridized carbons (Fsp3) is 0.192. The summed E-state index contributed by atoms with van der Waals surface area (Å²) in [5.74, 6) is 0.178. The molecule has 0 saturated heterocycles. The lowest BCUT2D eigenvalue weighted by atomic mass is 10.1. The first kappa shape index (κ1) is 26.2. The van der Waals surface area contributed by atoms with Crippen molar-refractivity contribution in [2.24, 2.45) is 5.10 Å². The lowest BCUT2D eigenvalue weighted by Crippen LogP contribution is -2.21. The molecule has 0 aliphatic rings. The summed E-state index contributed by atoms with van der Waals surface area (Å²) in [4.78, 5) is 24.7. The monoisotopic (exact) mass is 557 g/mol. The van der Waals surface area contributed by atoms with Gasteiger partial charge in [-0.15, -0.1) is 0 Å². The Hall–Kier alpha value is -3.36.